The highest BCUT2D eigenvalue weighted by molar-refractivity contribution is 5.89. The summed E-state index contributed by atoms with van der Waals surface area (Å²) in [4.78, 5) is 23.5. The molecular weight excluding hydrogens is 398 g/mol. The third-order valence-corrected chi connectivity index (χ3v) is 4.07. The topological polar surface area (TPSA) is 150 Å². The van der Waals surface area contributed by atoms with Gasteiger partial charge in [-0.3, -0.25) is 5.41 Å². The van der Waals surface area contributed by atoms with Crippen molar-refractivity contribution in [3.8, 4) is 5.75 Å². The molecule has 0 saturated heterocycles. The van der Waals surface area contributed by atoms with Crippen LogP contribution in [0.15, 0.2) is 48.5 Å². The molecule has 0 aliphatic carbocycles. The minimum absolute atomic E-state index is 0.140. The van der Waals surface area contributed by atoms with E-state index in [1.54, 1.807) is 30.3 Å². The molecule has 7 N–H and O–H groups in total. The Hall–Kier alpha value is -3.75. The number of benzene rings is 2. The lowest BCUT2D eigenvalue weighted by Crippen LogP contribution is -2.52. The maximum absolute atomic E-state index is 12.0. The van der Waals surface area contributed by atoms with Crippen LogP contribution in [0.2, 0.25) is 0 Å². The average Bonchev–Trinajstić information content (AvgIpc) is 2.65. The fourth-order valence-electron chi connectivity index (χ4n) is 2.75. The number of hydrogen-bond donors (Lipinski definition) is 6. The van der Waals surface area contributed by atoms with Gasteiger partial charge in [0.15, 0.2) is 5.96 Å². The Morgan fingerprint density at radius 2 is 1.81 bits per heavy atom. The molecule has 9 heteroatoms. The van der Waals surface area contributed by atoms with E-state index in [-0.39, 0.29) is 12.4 Å². The normalized spacial score (nSPS) is 11.8. The van der Waals surface area contributed by atoms with Gasteiger partial charge in [-0.1, -0.05) is 24.3 Å². The number of aliphatic carboxylic acids is 1. The number of carbonyl (C=O) groups excluding carboxylic acids is 1. The van der Waals surface area contributed by atoms with Crippen molar-refractivity contribution in [2.24, 2.45) is 5.73 Å². The lowest BCUT2D eigenvalue weighted by atomic mass is 10.1. The van der Waals surface area contributed by atoms with Crippen molar-refractivity contribution >= 4 is 23.6 Å². The number of nitrogens with one attached hydrogen (secondary N) is 4. The number of carboxylic acids is 1. The lowest BCUT2D eigenvalue weighted by molar-refractivity contribution is -0.139. The van der Waals surface area contributed by atoms with Crippen LogP contribution in [-0.4, -0.2) is 34.6 Å². The molecule has 9 nitrogen and oxygen atoms in total. The molecule has 0 aliphatic heterocycles. The second-order valence-corrected chi connectivity index (χ2v) is 8.12. The van der Waals surface area contributed by atoms with Gasteiger partial charge in [0.05, 0.1) is 0 Å². The highest BCUT2D eigenvalue weighted by Gasteiger charge is 2.22. The second kappa shape index (κ2) is 10.3. The van der Waals surface area contributed by atoms with Crippen LogP contribution in [0.4, 0.5) is 10.5 Å². The summed E-state index contributed by atoms with van der Waals surface area (Å²) in [5.41, 5.74) is 7.23. The second-order valence-electron chi connectivity index (χ2n) is 8.12. The molecule has 0 aromatic heterocycles. The largest absolute Gasteiger partial charge is 0.489 e. The number of nitrogens with two attached hydrogens (primary N) is 1. The predicted molar refractivity (Wildman–Crippen MR) is 119 cm³/mol. The van der Waals surface area contributed by atoms with Crippen LogP contribution in [-0.2, 0) is 17.8 Å². The standard InChI is InChI=1S/C22H29N5O4/c1-22(2,3)27-21(30)26-18(19(28)29)12-14-7-9-17(10-8-14)31-13-15-5-4-6-16(11-15)25-20(23)24/h4-11,18H,12-13H2,1-3H3,(H,28,29)(H4,23,24,25)(H2,26,27,30)/t18-/m0/s1. The third-order valence-electron chi connectivity index (χ3n) is 4.07. The van der Waals surface area contributed by atoms with E-state index in [2.05, 4.69) is 16.0 Å². The minimum Gasteiger partial charge on any atom is -0.489 e. The number of ether oxygens (including phenoxy) is 1. The lowest BCUT2D eigenvalue weighted by Gasteiger charge is -2.23. The molecule has 0 radical (unpaired) electrons. The Morgan fingerprint density at radius 3 is 2.39 bits per heavy atom. The maximum atomic E-state index is 12.0. The molecule has 0 aliphatic rings. The number of carbonyl (C=O) groups is 2. The van der Waals surface area contributed by atoms with Gasteiger partial charge in [0.1, 0.15) is 18.4 Å². The smallest absolute Gasteiger partial charge is 0.326 e. The van der Waals surface area contributed by atoms with Crippen LogP contribution in [0.25, 0.3) is 0 Å². The molecule has 0 fully saturated rings. The average molecular weight is 428 g/mol. The highest BCUT2D eigenvalue weighted by atomic mass is 16.5. The van der Waals surface area contributed by atoms with E-state index in [9.17, 15) is 14.7 Å². The molecule has 2 rings (SSSR count). The SMILES string of the molecule is CC(C)(C)NC(=O)N[C@@H](Cc1ccc(OCc2cccc(NC(=N)N)c2)cc1)C(=O)O. The fourth-order valence-corrected chi connectivity index (χ4v) is 2.75. The number of anilines is 1. The monoisotopic (exact) mass is 427 g/mol. The van der Waals surface area contributed by atoms with Gasteiger partial charge in [-0.2, -0.15) is 0 Å². The molecule has 2 aromatic carbocycles. The van der Waals surface area contributed by atoms with E-state index < -0.39 is 23.6 Å². The Kier molecular flexibility index (Phi) is 7.84. The van der Waals surface area contributed by atoms with Crippen LogP contribution in [0.1, 0.15) is 31.9 Å². The van der Waals surface area contributed by atoms with E-state index >= 15 is 0 Å². The van der Waals surface area contributed by atoms with E-state index in [4.69, 9.17) is 15.9 Å². The summed E-state index contributed by atoms with van der Waals surface area (Å²) in [6, 6.07) is 12.8. The summed E-state index contributed by atoms with van der Waals surface area (Å²) in [6.07, 6.45) is 0.145. The van der Waals surface area contributed by atoms with E-state index in [1.165, 1.54) is 0 Å². The third kappa shape index (κ3) is 8.65. The van der Waals surface area contributed by atoms with Crippen LogP contribution in [0.3, 0.4) is 0 Å². The summed E-state index contributed by atoms with van der Waals surface area (Å²) >= 11 is 0. The molecule has 0 spiro atoms. The van der Waals surface area contributed by atoms with Crippen molar-refractivity contribution in [2.45, 2.75) is 45.4 Å². The Labute approximate surface area is 181 Å². The first-order valence-corrected chi connectivity index (χ1v) is 9.75. The van der Waals surface area contributed by atoms with Crippen LogP contribution >= 0.6 is 0 Å². The van der Waals surface area contributed by atoms with Crippen molar-refractivity contribution in [3.63, 3.8) is 0 Å². The highest BCUT2D eigenvalue weighted by Crippen LogP contribution is 2.17. The van der Waals surface area contributed by atoms with Gasteiger partial charge in [0.2, 0.25) is 0 Å². The van der Waals surface area contributed by atoms with Crippen molar-refractivity contribution < 1.29 is 19.4 Å². The van der Waals surface area contributed by atoms with Gasteiger partial charge in [-0.25, -0.2) is 9.59 Å². The van der Waals surface area contributed by atoms with E-state index in [0.717, 1.165) is 11.1 Å². The van der Waals surface area contributed by atoms with E-state index in [1.807, 2.05) is 39.0 Å². The molecule has 31 heavy (non-hydrogen) atoms. The summed E-state index contributed by atoms with van der Waals surface area (Å²) in [7, 11) is 0. The molecule has 1 atom stereocenters. The number of hydrogen-bond acceptors (Lipinski definition) is 4. The van der Waals surface area contributed by atoms with Gasteiger partial charge in [0, 0.05) is 17.6 Å². The maximum Gasteiger partial charge on any atom is 0.326 e. The minimum atomic E-state index is -1.11. The zero-order valence-corrected chi connectivity index (χ0v) is 17.9. The summed E-state index contributed by atoms with van der Waals surface area (Å²) in [5.74, 6) is -0.624. The van der Waals surface area contributed by atoms with Gasteiger partial charge in [-0.15, -0.1) is 0 Å². The van der Waals surface area contributed by atoms with Gasteiger partial charge in [0.25, 0.3) is 0 Å². The van der Waals surface area contributed by atoms with Gasteiger partial charge in [-0.05, 0) is 56.2 Å². The zero-order chi connectivity index (χ0) is 23.0. The Balaban J connectivity index is 1.93. The summed E-state index contributed by atoms with van der Waals surface area (Å²) < 4.78 is 5.77. The van der Waals surface area contributed by atoms with Crippen molar-refractivity contribution in [1.82, 2.24) is 10.6 Å². The number of rotatable bonds is 8. The molecule has 166 valence electrons. The Morgan fingerprint density at radius 1 is 1.13 bits per heavy atom. The molecule has 0 bridgehead atoms. The van der Waals surface area contributed by atoms with Crippen molar-refractivity contribution in [1.29, 1.82) is 5.41 Å². The molecule has 2 amide bonds. The van der Waals surface area contributed by atoms with Crippen LogP contribution in [0.5, 0.6) is 5.75 Å². The molecule has 0 heterocycles. The van der Waals surface area contributed by atoms with Gasteiger partial charge < -0.3 is 31.5 Å². The predicted octanol–water partition coefficient (Wildman–Crippen LogP) is 2.66. The number of amides is 2. The molecule has 0 saturated carbocycles. The first kappa shape index (κ1) is 23.5. The zero-order valence-electron chi connectivity index (χ0n) is 17.9. The molecule has 0 unspecified atom stereocenters. The quantitative estimate of drug-likeness (QED) is 0.282. The van der Waals surface area contributed by atoms with Crippen molar-refractivity contribution in [3.05, 3.63) is 59.7 Å². The molecule has 2 aromatic rings. The first-order chi connectivity index (χ1) is 14.5. The Bertz CT molecular complexity index is 922. The van der Waals surface area contributed by atoms with E-state index in [0.29, 0.717) is 18.0 Å². The van der Waals surface area contributed by atoms with Crippen LogP contribution in [0, 0.1) is 5.41 Å². The number of urea groups is 1. The van der Waals surface area contributed by atoms with Gasteiger partial charge >= 0.3 is 12.0 Å². The number of carboxylic acid groups (broad SMARTS) is 1. The summed E-state index contributed by atoms with van der Waals surface area (Å²) in [6.45, 7) is 5.77. The van der Waals surface area contributed by atoms with Crippen molar-refractivity contribution in [2.75, 3.05) is 5.32 Å². The fraction of sp³-hybridized carbons (Fsp3) is 0.318. The number of guanidine groups is 1. The first-order valence-electron chi connectivity index (χ1n) is 9.75. The van der Waals surface area contributed by atoms with Crippen LogP contribution < -0.4 is 26.4 Å². The summed E-state index contributed by atoms with van der Waals surface area (Å²) in [5, 5.41) is 24.6. The molecular formula is C22H29N5O4.